The maximum Gasteiger partial charge on any atom is 0.404 e. The first kappa shape index (κ1) is 31.5. The lowest BCUT2D eigenvalue weighted by atomic mass is 9.77. The molecule has 0 unspecified atom stereocenters. The van der Waals surface area contributed by atoms with E-state index in [1.807, 2.05) is 95.7 Å². The van der Waals surface area contributed by atoms with Gasteiger partial charge in [-0.05, 0) is 59.4 Å². The molecule has 2 amide bonds. The first-order valence-corrected chi connectivity index (χ1v) is 15.9. The highest BCUT2D eigenvalue weighted by molar-refractivity contribution is 6.00. The molecule has 0 radical (unpaired) electrons. The van der Waals surface area contributed by atoms with E-state index in [1.54, 1.807) is 30.4 Å². The van der Waals surface area contributed by atoms with Crippen LogP contribution in [0, 0.1) is 17.0 Å². The minimum absolute atomic E-state index is 0.0418. The third-order valence-electron chi connectivity index (χ3n) is 9.15. The van der Waals surface area contributed by atoms with Gasteiger partial charge in [-0.2, -0.15) is 5.10 Å². The fraction of sp³-hybridized carbons (Fsp3) is 0.125. The second kappa shape index (κ2) is 12.8. The number of nitrogens with one attached hydrogen (secondary N) is 2. The molecule has 5 aromatic carbocycles. The van der Waals surface area contributed by atoms with E-state index in [9.17, 15) is 14.0 Å². The summed E-state index contributed by atoms with van der Waals surface area (Å²) in [6.45, 7) is -0.0602. The van der Waals surface area contributed by atoms with Crippen molar-refractivity contribution in [3.63, 3.8) is 0 Å². The molecule has 0 spiro atoms. The highest BCUT2D eigenvalue weighted by Gasteiger charge is 2.50. The number of anilines is 1. The number of carbonyl (C=O) groups is 2. The molecule has 1 aromatic heterocycles. The Balaban J connectivity index is 1.46. The van der Waals surface area contributed by atoms with Crippen LogP contribution in [-0.2, 0) is 10.3 Å². The Morgan fingerprint density at radius 2 is 1.35 bits per heavy atom. The smallest absolute Gasteiger partial charge is 0.404 e. The molecule has 9 heteroatoms. The Hall–Kier alpha value is -6.09. The molecule has 7 nitrogen and oxygen atoms in total. The van der Waals surface area contributed by atoms with Crippen molar-refractivity contribution in [2.24, 2.45) is 5.41 Å². The Morgan fingerprint density at radius 3 is 1.86 bits per heavy atom. The molecular formula is C40H32F2N4O3. The molecule has 6 aromatic rings. The van der Waals surface area contributed by atoms with Crippen molar-refractivity contribution in [1.82, 2.24) is 15.1 Å². The molecule has 1 aliphatic rings. The minimum atomic E-state index is -1.23. The average molecular weight is 655 g/mol. The summed E-state index contributed by atoms with van der Waals surface area (Å²) in [7, 11) is 0. The number of halogens is 2. The summed E-state index contributed by atoms with van der Waals surface area (Å²) >= 11 is 0. The normalized spacial score (nSPS) is 13.8. The first-order valence-electron chi connectivity index (χ1n) is 15.9. The summed E-state index contributed by atoms with van der Waals surface area (Å²) in [6, 6.07) is 38.7. The molecule has 1 aliphatic carbocycles. The number of carbonyl (C=O) groups excluding carboxylic acids is 1. The van der Waals surface area contributed by atoms with Crippen molar-refractivity contribution in [3.8, 4) is 0 Å². The number of benzene rings is 5. The Labute approximate surface area is 281 Å². The largest absolute Gasteiger partial charge is 0.465 e. The van der Waals surface area contributed by atoms with Gasteiger partial charge < -0.3 is 15.7 Å². The summed E-state index contributed by atoms with van der Waals surface area (Å²) < 4.78 is 31.8. The maximum absolute atomic E-state index is 16.3. The van der Waals surface area contributed by atoms with Gasteiger partial charge >= 0.3 is 6.09 Å². The van der Waals surface area contributed by atoms with Gasteiger partial charge in [0.1, 0.15) is 17.2 Å². The number of aromatic nitrogens is 2. The molecule has 0 saturated heterocycles. The second-order valence-corrected chi connectivity index (χ2v) is 12.2. The van der Waals surface area contributed by atoms with Crippen LogP contribution in [0.5, 0.6) is 0 Å². The Bertz CT molecular complexity index is 2070. The van der Waals surface area contributed by atoms with Crippen LogP contribution >= 0.6 is 0 Å². The molecule has 7 rings (SSSR count). The zero-order chi connectivity index (χ0) is 34.0. The van der Waals surface area contributed by atoms with Crippen molar-refractivity contribution in [3.05, 3.63) is 167 Å². The topological polar surface area (TPSA) is 96.2 Å². The molecule has 1 fully saturated rings. The zero-order valence-electron chi connectivity index (χ0n) is 26.3. The van der Waals surface area contributed by atoms with E-state index < -0.39 is 28.8 Å². The van der Waals surface area contributed by atoms with E-state index in [4.69, 9.17) is 10.2 Å². The van der Waals surface area contributed by atoms with Gasteiger partial charge in [-0.25, -0.2) is 18.3 Å². The number of hydrogen-bond acceptors (Lipinski definition) is 3. The fourth-order valence-corrected chi connectivity index (χ4v) is 6.42. The predicted octanol–water partition coefficient (Wildman–Crippen LogP) is 8.31. The highest BCUT2D eigenvalue weighted by Crippen LogP contribution is 2.47. The lowest BCUT2D eigenvalue weighted by molar-refractivity contribution is -0.120. The van der Waals surface area contributed by atoms with E-state index in [2.05, 4.69) is 10.6 Å². The van der Waals surface area contributed by atoms with E-state index in [1.165, 1.54) is 18.2 Å². The Morgan fingerprint density at radius 1 is 0.796 bits per heavy atom. The van der Waals surface area contributed by atoms with Crippen LogP contribution in [0.25, 0.3) is 23.1 Å². The molecule has 244 valence electrons. The molecule has 0 atom stereocenters. The lowest BCUT2D eigenvalue weighted by Crippen LogP contribution is -2.38. The third-order valence-corrected chi connectivity index (χ3v) is 9.15. The molecule has 0 bridgehead atoms. The molecule has 1 saturated carbocycles. The number of nitrogens with zero attached hydrogens (tertiary/aromatic N) is 2. The van der Waals surface area contributed by atoms with Crippen LogP contribution in [-0.4, -0.2) is 33.4 Å². The first-order chi connectivity index (χ1) is 23.8. The van der Waals surface area contributed by atoms with Crippen molar-refractivity contribution in [2.45, 2.75) is 18.4 Å². The van der Waals surface area contributed by atoms with Gasteiger partial charge in [0.25, 0.3) is 0 Å². The van der Waals surface area contributed by atoms with Gasteiger partial charge in [-0.1, -0.05) is 109 Å². The summed E-state index contributed by atoms with van der Waals surface area (Å²) in [5.41, 5.74) is 2.36. The van der Waals surface area contributed by atoms with Crippen molar-refractivity contribution < 1.29 is 23.5 Å². The number of fused-ring (bicyclic) bond motifs is 1. The Kier molecular flexibility index (Phi) is 8.26. The van der Waals surface area contributed by atoms with Gasteiger partial charge in [-0.15, -0.1) is 0 Å². The molecular weight excluding hydrogens is 622 g/mol. The maximum atomic E-state index is 16.3. The predicted molar refractivity (Wildman–Crippen MR) is 186 cm³/mol. The molecule has 0 aliphatic heterocycles. The van der Waals surface area contributed by atoms with Crippen molar-refractivity contribution >= 4 is 40.7 Å². The van der Waals surface area contributed by atoms with Crippen molar-refractivity contribution in [1.29, 1.82) is 0 Å². The van der Waals surface area contributed by atoms with Crippen LogP contribution in [0.1, 0.15) is 40.8 Å². The van der Waals surface area contributed by atoms with Gasteiger partial charge in [0.05, 0.1) is 22.3 Å². The fourth-order valence-electron chi connectivity index (χ4n) is 6.42. The molecule has 3 N–H and O–H groups in total. The molecule has 49 heavy (non-hydrogen) atoms. The number of amides is 2. The number of carboxylic acid groups (broad SMARTS) is 1. The standard InChI is InChI=1S/C40H32F2N4O3/c41-31-19-16-27(17-20-31)18-21-34-32-24-35(44-37(47)39(22-23-39)26-43-38(48)49)33(42)25-36(32)46(45-34)40(28-10-4-1-5-11-28,29-12-6-2-7-13-29)30-14-8-3-9-15-30/h1-21,24-25,43H,22-23,26H2,(H,44,47)(H,48,49)/b21-18+. The van der Waals surface area contributed by atoms with Crippen LogP contribution in [0.4, 0.5) is 19.3 Å². The average Bonchev–Trinajstić information content (AvgIpc) is 3.85. The van der Waals surface area contributed by atoms with Crippen LogP contribution in [0.3, 0.4) is 0 Å². The van der Waals surface area contributed by atoms with Crippen LogP contribution in [0.15, 0.2) is 127 Å². The lowest BCUT2D eigenvalue weighted by Gasteiger charge is -2.37. The van der Waals surface area contributed by atoms with E-state index in [0.717, 1.165) is 22.3 Å². The SMILES string of the molecule is O=C(O)NCC1(C(=O)Nc2cc3c(/C=C/c4ccc(F)cc4)nn(C(c4ccccc4)(c4ccccc4)c4ccccc4)c3cc2F)CC1. The van der Waals surface area contributed by atoms with Crippen LogP contribution in [0.2, 0.25) is 0 Å². The van der Waals surface area contributed by atoms with Gasteiger partial charge in [-0.3, -0.25) is 4.79 Å². The zero-order valence-corrected chi connectivity index (χ0v) is 26.3. The van der Waals surface area contributed by atoms with Gasteiger partial charge in [0.2, 0.25) is 5.91 Å². The summed E-state index contributed by atoms with van der Waals surface area (Å²) in [6.07, 6.45) is 3.34. The van der Waals surface area contributed by atoms with E-state index in [0.29, 0.717) is 29.4 Å². The summed E-state index contributed by atoms with van der Waals surface area (Å²) in [5.74, 6) is -1.48. The highest BCUT2D eigenvalue weighted by atomic mass is 19.1. The van der Waals surface area contributed by atoms with Gasteiger partial charge in [0, 0.05) is 18.0 Å². The minimum Gasteiger partial charge on any atom is -0.465 e. The van der Waals surface area contributed by atoms with Gasteiger partial charge in [0.15, 0.2) is 0 Å². The second-order valence-electron chi connectivity index (χ2n) is 12.2. The van der Waals surface area contributed by atoms with Crippen LogP contribution < -0.4 is 10.6 Å². The quantitative estimate of drug-likeness (QED) is 0.130. The number of rotatable bonds is 10. The number of hydrogen-bond donors (Lipinski definition) is 3. The van der Waals surface area contributed by atoms with E-state index in [-0.39, 0.29) is 18.0 Å². The summed E-state index contributed by atoms with van der Waals surface area (Å²) in [4.78, 5) is 24.5. The van der Waals surface area contributed by atoms with E-state index >= 15 is 4.39 Å². The monoisotopic (exact) mass is 654 g/mol. The summed E-state index contributed by atoms with van der Waals surface area (Å²) in [5, 5.41) is 19.9. The molecule has 1 heterocycles. The van der Waals surface area contributed by atoms with Crippen molar-refractivity contribution in [2.75, 3.05) is 11.9 Å². The third kappa shape index (κ3) is 5.95.